The molecule has 1 spiro atoms. The van der Waals surface area contributed by atoms with Crippen molar-refractivity contribution >= 4 is 0 Å². The number of fused-ring (bicyclic) bond motifs is 1. The monoisotopic (exact) mass is 217 g/mol. The van der Waals surface area contributed by atoms with Crippen molar-refractivity contribution in [2.75, 3.05) is 0 Å². The molecule has 1 saturated carbocycles. The summed E-state index contributed by atoms with van der Waals surface area (Å²) in [5.41, 5.74) is 7.50. The summed E-state index contributed by atoms with van der Waals surface area (Å²) in [6, 6.07) is 8.39. The molecule has 3 rings (SSSR count). The average Bonchev–Trinajstić information content (AvgIpc) is 2.30. The zero-order valence-corrected chi connectivity index (χ0v) is 9.61. The molecule has 1 aliphatic heterocycles. The van der Waals surface area contributed by atoms with E-state index in [1.807, 2.05) is 12.1 Å². The lowest BCUT2D eigenvalue weighted by Gasteiger charge is -2.43. The van der Waals surface area contributed by atoms with E-state index in [0.29, 0.717) is 0 Å². The van der Waals surface area contributed by atoms with Gasteiger partial charge in [-0.1, -0.05) is 24.6 Å². The molecule has 1 aromatic carbocycles. The second-order valence-corrected chi connectivity index (χ2v) is 5.19. The van der Waals surface area contributed by atoms with E-state index in [2.05, 4.69) is 12.1 Å². The normalized spacial score (nSPS) is 27.2. The third kappa shape index (κ3) is 1.61. The van der Waals surface area contributed by atoms with Crippen molar-refractivity contribution in [1.82, 2.24) is 0 Å². The zero-order chi connectivity index (χ0) is 11.0. The van der Waals surface area contributed by atoms with E-state index in [4.69, 9.17) is 10.5 Å². The molecular formula is C14H19NO. The van der Waals surface area contributed by atoms with Gasteiger partial charge in [0, 0.05) is 18.0 Å². The highest BCUT2D eigenvalue weighted by molar-refractivity contribution is 5.38. The van der Waals surface area contributed by atoms with Crippen LogP contribution in [0.25, 0.3) is 0 Å². The van der Waals surface area contributed by atoms with E-state index in [1.165, 1.54) is 37.7 Å². The first-order valence-corrected chi connectivity index (χ1v) is 6.33. The molecule has 1 aromatic rings. The van der Waals surface area contributed by atoms with E-state index in [9.17, 15) is 0 Å². The molecule has 2 aliphatic rings. The molecule has 2 nitrogen and oxygen atoms in total. The van der Waals surface area contributed by atoms with E-state index in [0.717, 1.165) is 12.2 Å². The fourth-order valence-electron chi connectivity index (χ4n) is 3.17. The van der Waals surface area contributed by atoms with E-state index in [-0.39, 0.29) is 11.6 Å². The molecular weight excluding hydrogens is 198 g/mol. The zero-order valence-electron chi connectivity index (χ0n) is 9.61. The summed E-state index contributed by atoms with van der Waals surface area (Å²) in [5.74, 6) is 1.02. The third-order valence-electron chi connectivity index (χ3n) is 4.00. The lowest BCUT2D eigenvalue weighted by atomic mass is 9.77. The Bertz CT molecular complexity index is 382. The summed E-state index contributed by atoms with van der Waals surface area (Å²) >= 11 is 0. The predicted octanol–water partition coefficient (Wildman–Crippen LogP) is 3.17. The Labute approximate surface area is 96.8 Å². The summed E-state index contributed by atoms with van der Waals surface area (Å²) in [5, 5.41) is 0. The molecule has 1 aliphatic carbocycles. The van der Waals surface area contributed by atoms with Crippen molar-refractivity contribution in [3.8, 4) is 5.75 Å². The molecule has 0 amide bonds. The van der Waals surface area contributed by atoms with Crippen molar-refractivity contribution in [1.29, 1.82) is 0 Å². The summed E-state index contributed by atoms with van der Waals surface area (Å²) in [4.78, 5) is 0. The van der Waals surface area contributed by atoms with Crippen LogP contribution in [-0.4, -0.2) is 5.60 Å². The molecule has 86 valence electrons. The fraction of sp³-hybridized carbons (Fsp3) is 0.571. The van der Waals surface area contributed by atoms with Gasteiger partial charge in [0.1, 0.15) is 11.4 Å². The van der Waals surface area contributed by atoms with Crippen LogP contribution in [-0.2, 0) is 0 Å². The number of benzene rings is 1. The second kappa shape index (κ2) is 3.77. The maximum atomic E-state index is 6.27. The summed E-state index contributed by atoms with van der Waals surface area (Å²) in [6.07, 6.45) is 7.26. The molecule has 1 heterocycles. The number of ether oxygens (including phenoxy) is 1. The number of para-hydroxylation sites is 1. The van der Waals surface area contributed by atoms with Gasteiger partial charge in [0.05, 0.1) is 0 Å². The number of rotatable bonds is 0. The van der Waals surface area contributed by atoms with Crippen molar-refractivity contribution in [3.63, 3.8) is 0 Å². The van der Waals surface area contributed by atoms with Gasteiger partial charge in [-0.2, -0.15) is 0 Å². The molecule has 2 N–H and O–H groups in total. The highest BCUT2D eigenvalue weighted by Crippen LogP contribution is 2.44. The van der Waals surface area contributed by atoms with Gasteiger partial charge in [-0.15, -0.1) is 0 Å². The molecule has 1 atom stereocenters. The largest absolute Gasteiger partial charge is 0.487 e. The Kier molecular flexibility index (Phi) is 2.40. The average molecular weight is 217 g/mol. The molecule has 0 saturated heterocycles. The van der Waals surface area contributed by atoms with Crippen LogP contribution in [0.2, 0.25) is 0 Å². The Morgan fingerprint density at radius 3 is 2.69 bits per heavy atom. The van der Waals surface area contributed by atoms with Crippen molar-refractivity contribution in [3.05, 3.63) is 29.8 Å². The van der Waals surface area contributed by atoms with Crippen LogP contribution in [0.1, 0.15) is 50.1 Å². The van der Waals surface area contributed by atoms with Crippen molar-refractivity contribution in [2.24, 2.45) is 5.73 Å². The van der Waals surface area contributed by atoms with Gasteiger partial charge in [0.15, 0.2) is 0 Å². The van der Waals surface area contributed by atoms with Crippen LogP contribution in [0.4, 0.5) is 0 Å². The lowest BCUT2D eigenvalue weighted by Crippen LogP contribution is -2.44. The van der Waals surface area contributed by atoms with Crippen LogP contribution in [0.5, 0.6) is 5.75 Å². The van der Waals surface area contributed by atoms with Gasteiger partial charge in [0.25, 0.3) is 0 Å². The van der Waals surface area contributed by atoms with Gasteiger partial charge in [-0.05, 0) is 31.7 Å². The summed E-state index contributed by atoms with van der Waals surface area (Å²) in [6.45, 7) is 0. The van der Waals surface area contributed by atoms with Crippen LogP contribution in [0, 0.1) is 0 Å². The van der Waals surface area contributed by atoms with Crippen molar-refractivity contribution in [2.45, 2.75) is 50.2 Å². The molecule has 2 heteroatoms. The number of hydrogen-bond acceptors (Lipinski definition) is 2. The molecule has 16 heavy (non-hydrogen) atoms. The highest BCUT2D eigenvalue weighted by atomic mass is 16.5. The van der Waals surface area contributed by atoms with Crippen molar-refractivity contribution < 1.29 is 4.74 Å². The van der Waals surface area contributed by atoms with Crippen LogP contribution < -0.4 is 10.5 Å². The molecule has 0 bridgehead atoms. The first kappa shape index (κ1) is 10.2. The molecule has 0 radical (unpaired) electrons. The lowest BCUT2D eigenvalue weighted by molar-refractivity contribution is 0.00195. The maximum Gasteiger partial charge on any atom is 0.124 e. The number of nitrogens with two attached hydrogens (primary N) is 1. The van der Waals surface area contributed by atoms with Gasteiger partial charge < -0.3 is 10.5 Å². The van der Waals surface area contributed by atoms with Crippen LogP contribution in [0.3, 0.4) is 0 Å². The van der Waals surface area contributed by atoms with Crippen LogP contribution >= 0.6 is 0 Å². The topological polar surface area (TPSA) is 35.2 Å². The quantitative estimate of drug-likeness (QED) is 0.724. The Balaban J connectivity index is 1.93. The van der Waals surface area contributed by atoms with Gasteiger partial charge in [-0.3, -0.25) is 0 Å². The minimum atomic E-state index is 0.0476. The predicted molar refractivity (Wildman–Crippen MR) is 64.4 cm³/mol. The Hall–Kier alpha value is -1.02. The van der Waals surface area contributed by atoms with Gasteiger partial charge >= 0.3 is 0 Å². The highest BCUT2D eigenvalue weighted by Gasteiger charge is 2.40. The second-order valence-electron chi connectivity index (χ2n) is 5.19. The standard InChI is InChI=1S/C14H19NO/c15-12-10-14(8-4-1-5-9-14)16-13-7-3-2-6-11(12)13/h2-3,6-7,12H,1,4-5,8-10,15H2/t12-/m1/s1. The smallest absolute Gasteiger partial charge is 0.124 e. The molecule has 0 unspecified atom stereocenters. The van der Waals surface area contributed by atoms with Gasteiger partial charge in [-0.25, -0.2) is 0 Å². The van der Waals surface area contributed by atoms with Gasteiger partial charge in [0.2, 0.25) is 0 Å². The summed E-state index contributed by atoms with van der Waals surface area (Å²) in [7, 11) is 0. The van der Waals surface area contributed by atoms with E-state index in [1.54, 1.807) is 0 Å². The summed E-state index contributed by atoms with van der Waals surface area (Å²) < 4.78 is 6.25. The Morgan fingerprint density at radius 1 is 1.12 bits per heavy atom. The first-order valence-electron chi connectivity index (χ1n) is 6.33. The number of hydrogen-bond donors (Lipinski definition) is 1. The third-order valence-corrected chi connectivity index (χ3v) is 4.00. The van der Waals surface area contributed by atoms with E-state index >= 15 is 0 Å². The molecule has 1 fully saturated rings. The maximum absolute atomic E-state index is 6.27. The first-order chi connectivity index (χ1) is 7.79. The Morgan fingerprint density at radius 2 is 1.88 bits per heavy atom. The van der Waals surface area contributed by atoms with E-state index < -0.39 is 0 Å². The molecule has 0 aromatic heterocycles. The minimum absolute atomic E-state index is 0.0476. The van der Waals surface area contributed by atoms with Crippen LogP contribution in [0.15, 0.2) is 24.3 Å². The SMILES string of the molecule is N[C@@H]1CC2(CCCCC2)Oc2ccccc21. The minimum Gasteiger partial charge on any atom is -0.487 e. The fourth-order valence-corrected chi connectivity index (χ4v) is 3.17.